The van der Waals surface area contributed by atoms with Crippen molar-refractivity contribution in [1.82, 2.24) is 23.7 Å². The first-order chi connectivity index (χ1) is 15.4. The van der Waals surface area contributed by atoms with Crippen molar-refractivity contribution in [3.8, 4) is 28.4 Å². The van der Waals surface area contributed by atoms with E-state index in [1.807, 2.05) is 6.07 Å². The fraction of sp³-hybridized carbons (Fsp3) is 0.286. The number of phenolic OH excluding ortho intramolecular Hbond substituents is 1. The van der Waals surface area contributed by atoms with Crippen molar-refractivity contribution in [2.24, 2.45) is 0 Å². The summed E-state index contributed by atoms with van der Waals surface area (Å²) in [5.41, 5.74) is 2.73. The molecule has 1 aliphatic heterocycles. The highest BCUT2D eigenvalue weighted by Gasteiger charge is 2.25. The highest BCUT2D eigenvalue weighted by Crippen LogP contribution is 2.33. The summed E-state index contributed by atoms with van der Waals surface area (Å²) in [5.74, 6) is 1.02. The topological polar surface area (TPSA) is 126 Å². The number of sulfonamides is 1. The molecule has 0 unspecified atom stereocenters. The van der Waals surface area contributed by atoms with E-state index in [0.717, 1.165) is 11.3 Å². The molecule has 2 N–H and O–H groups in total. The van der Waals surface area contributed by atoms with Gasteiger partial charge in [-0.3, -0.25) is 4.40 Å². The lowest BCUT2D eigenvalue weighted by molar-refractivity contribution is 0.331. The molecule has 0 atom stereocenters. The molecule has 10 nitrogen and oxygen atoms in total. The molecular formula is C21H22N6O4S. The molecule has 0 saturated carbocycles. The number of anilines is 1. The smallest absolute Gasteiger partial charge is 0.306 e. The zero-order valence-electron chi connectivity index (χ0n) is 17.3. The molecule has 1 fully saturated rings. The van der Waals surface area contributed by atoms with Gasteiger partial charge in [0.15, 0.2) is 0 Å². The molecule has 1 saturated heterocycles. The second kappa shape index (κ2) is 7.92. The van der Waals surface area contributed by atoms with Crippen molar-refractivity contribution < 1.29 is 17.9 Å². The number of oxazole rings is 1. The number of benzene rings is 1. The van der Waals surface area contributed by atoms with Crippen LogP contribution >= 0.6 is 0 Å². The molecule has 1 aliphatic rings. The molecule has 0 radical (unpaired) electrons. The van der Waals surface area contributed by atoms with Crippen LogP contribution in [0.1, 0.15) is 12.8 Å². The first-order valence-corrected chi connectivity index (χ1v) is 12.0. The number of imidazole rings is 1. The van der Waals surface area contributed by atoms with E-state index < -0.39 is 10.0 Å². The maximum Gasteiger partial charge on any atom is 0.306 e. The van der Waals surface area contributed by atoms with Gasteiger partial charge in [0.25, 0.3) is 0 Å². The number of hydrogen-bond donors (Lipinski definition) is 2. The van der Waals surface area contributed by atoms with E-state index in [4.69, 9.17) is 9.40 Å². The third kappa shape index (κ3) is 3.92. The fourth-order valence-corrected chi connectivity index (χ4v) is 4.83. The zero-order chi connectivity index (χ0) is 22.3. The fourth-order valence-electron chi connectivity index (χ4n) is 3.96. The van der Waals surface area contributed by atoms with Crippen molar-refractivity contribution in [2.45, 2.75) is 18.9 Å². The van der Waals surface area contributed by atoms with Crippen LogP contribution < -0.4 is 5.32 Å². The van der Waals surface area contributed by atoms with Crippen molar-refractivity contribution in [2.75, 3.05) is 24.7 Å². The predicted molar refractivity (Wildman–Crippen MR) is 119 cm³/mol. The standard InChI is InChI=1S/C21H22N6O4S/c1-32(29,30)26-9-6-15(7-10-26)23-20-22-8-5-17(24-20)19-18(14-3-2-4-16(28)13-14)25-21-27(19)11-12-31-21/h2-5,8,11-13,15,28H,6-7,9-10H2,1H3,(H,22,23,24). The van der Waals surface area contributed by atoms with Gasteiger partial charge < -0.3 is 14.8 Å². The third-order valence-corrected chi connectivity index (χ3v) is 6.84. The molecule has 166 valence electrons. The molecule has 5 rings (SSSR count). The Morgan fingerprint density at radius 3 is 2.75 bits per heavy atom. The van der Waals surface area contributed by atoms with E-state index in [9.17, 15) is 13.5 Å². The molecule has 11 heteroatoms. The lowest BCUT2D eigenvalue weighted by Crippen LogP contribution is -2.42. The third-order valence-electron chi connectivity index (χ3n) is 5.54. The zero-order valence-corrected chi connectivity index (χ0v) is 18.2. The van der Waals surface area contributed by atoms with Gasteiger partial charge in [-0.25, -0.2) is 22.7 Å². The Hall–Kier alpha value is -3.44. The Bertz CT molecular complexity index is 1370. The second-order valence-electron chi connectivity index (χ2n) is 7.76. The number of aromatic nitrogens is 4. The van der Waals surface area contributed by atoms with E-state index in [-0.39, 0.29) is 11.8 Å². The van der Waals surface area contributed by atoms with E-state index >= 15 is 0 Å². The summed E-state index contributed by atoms with van der Waals surface area (Å²) in [6, 6.07) is 8.73. The van der Waals surface area contributed by atoms with Gasteiger partial charge in [-0.15, -0.1) is 0 Å². The Morgan fingerprint density at radius 2 is 2.00 bits per heavy atom. The summed E-state index contributed by atoms with van der Waals surface area (Å²) in [6.07, 6.45) is 7.57. The molecule has 32 heavy (non-hydrogen) atoms. The molecule has 4 heterocycles. The van der Waals surface area contributed by atoms with Gasteiger partial charge in [-0.2, -0.15) is 4.98 Å². The lowest BCUT2D eigenvalue weighted by atomic mass is 10.1. The van der Waals surface area contributed by atoms with Crippen LogP contribution in [0.25, 0.3) is 28.5 Å². The van der Waals surface area contributed by atoms with Gasteiger partial charge in [-0.05, 0) is 31.0 Å². The number of nitrogens with zero attached hydrogens (tertiary/aromatic N) is 5. The van der Waals surface area contributed by atoms with Gasteiger partial charge in [0.1, 0.15) is 23.4 Å². The van der Waals surface area contributed by atoms with Gasteiger partial charge in [-0.1, -0.05) is 12.1 Å². The predicted octanol–water partition coefficient (Wildman–Crippen LogP) is 2.59. The first-order valence-electron chi connectivity index (χ1n) is 10.2. The van der Waals surface area contributed by atoms with Crippen LogP contribution in [0.4, 0.5) is 5.95 Å². The number of aromatic hydroxyl groups is 1. The van der Waals surface area contributed by atoms with E-state index in [1.165, 1.54) is 10.6 Å². The van der Waals surface area contributed by atoms with Crippen LogP contribution in [0, 0.1) is 0 Å². The van der Waals surface area contributed by atoms with Crippen LogP contribution in [0.2, 0.25) is 0 Å². The number of hydrogen-bond acceptors (Lipinski definition) is 8. The van der Waals surface area contributed by atoms with E-state index in [1.54, 1.807) is 47.3 Å². The maximum atomic E-state index is 11.7. The summed E-state index contributed by atoms with van der Waals surface area (Å²) in [5, 5.41) is 13.3. The monoisotopic (exact) mass is 454 g/mol. The molecule has 0 bridgehead atoms. The van der Waals surface area contributed by atoms with Crippen molar-refractivity contribution >= 4 is 21.8 Å². The van der Waals surface area contributed by atoms with Gasteiger partial charge in [0.05, 0.1) is 11.9 Å². The molecule has 0 aliphatic carbocycles. The molecule has 0 amide bonds. The summed E-state index contributed by atoms with van der Waals surface area (Å²) in [7, 11) is -3.17. The Labute approximate surface area is 184 Å². The van der Waals surface area contributed by atoms with Crippen LogP contribution in [-0.4, -0.2) is 62.6 Å². The van der Waals surface area contributed by atoms with Gasteiger partial charge in [0.2, 0.25) is 16.0 Å². The lowest BCUT2D eigenvalue weighted by Gasteiger charge is -2.30. The van der Waals surface area contributed by atoms with Crippen LogP contribution in [0.5, 0.6) is 5.75 Å². The number of phenols is 1. The SMILES string of the molecule is CS(=O)(=O)N1CCC(Nc2nccc(-c3c(-c4cccc(O)c4)nc4occn34)n2)CC1. The Morgan fingerprint density at radius 1 is 1.19 bits per heavy atom. The Kier molecular flexibility index (Phi) is 5.06. The van der Waals surface area contributed by atoms with E-state index in [2.05, 4.69) is 15.3 Å². The second-order valence-corrected chi connectivity index (χ2v) is 9.74. The van der Waals surface area contributed by atoms with Crippen molar-refractivity contribution in [3.05, 3.63) is 49.0 Å². The number of piperidine rings is 1. The van der Waals surface area contributed by atoms with Crippen LogP contribution in [0.15, 0.2) is 53.4 Å². The van der Waals surface area contributed by atoms with Crippen LogP contribution in [0.3, 0.4) is 0 Å². The van der Waals surface area contributed by atoms with Crippen molar-refractivity contribution in [1.29, 1.82) is 0 Å². The highest BCUT2D eigenvalue weighted by molar-refractivity contribution is 7.88. The molecular weight excluding hydrogens is 432 g/mol. The summed E-state index contributed by atoms with van der Waals surface area (Å²) in [4.78, 5) is 13.6. The number of nitrogens with one attached hydrogen (secondary N) is 1. The number of rotatable bonds is 5. The van der Waals surface area contributed by atoms with Gasteiger partial charge in [0, 0.05) is 37.1 Å². The highest BCUT2D eigenvalue weighted by atomic mass is 32.2. The molecule has 0 spiro atoms. The van der Waals surface area contributed by atoms with Crippen LogP contribution in [-0.2, 0) is 10.0 Å². The quantitative estimate of drug-likeness (QED) is 0.471. The average Bonchev–Trinajstić information content (AvgIpc) is 3.35. The summed E-state index contributed by atoms with van der Waals surface area (Å²) < 4.78 is 32.2. The normalized spacial score (nSPS) is 15.9. The minimum atomic E-state index is -3.17. The molecule has 4 aromatic rings. The van der Waals surface area contributed by atoms with E-state index in [0.29, 0.717) is 49.1 Å². The summed E-state index contributed by atoms with van der Waals surface area (Å²) >= 11 is 0. The first kappa shape index (κ1) is 20.5. The van der Waals surface area contributed by atoms with Crippen molar-refractivity contribution in [3.63, 3.8) is 0 Å². The number of fused-ring (bicyclic) bond motifs is 1. The molecule has 3 aromatic heterocycles. The maximum absolute atomic E-state index is 11.7. The Balaban J connectivity index is 1.45. The minimum absolute atomic E-state index is 0.0770. The minimum Gasteiger partial charge on any atom is -0.508 e. The van der Waals surface area contributed by atoms with Gasteiger partial charge >= 0.3 is 5.84 Å². The summed E-state index contributed by atoms with van der Waals surface area (Å²) in [6.45, 7) is 0.937. The largest absolute Gasteiger partial charge is 0.508 e. The molecule has 1 aromatic carbocycles. The average molecular weight is 455 g/mol.